The van der Waals surface area contributed by atoms with Crippen LogP contribution in [-0.2, 0) is 0 Å². The number of carbonyl (C=O) groups is 4. The number of benzene rings is 6. The third-order valence-electron chi connectivity index (χ3n) is 13.8. The highest BCUT2D eigenvalue weighted by molar-refractivity contribution is 7.12. The van der Waals surface area contributed by atoms with Crippen molar-refractivity contribution in [2.45, 2.75) is 77.3 Å². The van der Waals surface area contributed by atoms with E-state index in [1.807, 2.05) is 156 Å². The molecule has 6 aromatic carbocycles. The van der Waals surface area contributed by atoms with Gasteiger partial charge in [-0.1, -0.05) is 72.4 Å². The molecule has 0 spiro atoms. The van der Waals surface area contributed by atoms with Crippen LogP contribution in [0.3, 0.4) is 0 Å². The minimum Gasteiger partial charge on any atom is -0.309 e. The first kappa shape index (κ1) is 47.9. The van der Waals surface area contributed by atoms with Crippen molar-refractivity contribution in [2.24, 2.45) is 10.4 Å². The van der Waals surface area contributed by atoms with E-state index in [0.29, 0.717) is 44.8 Å². The minimum atomic E-state index is -0.466. The van der Waals surface area contributed by atoms with Crippen molar-refractivity contribution in [3.8, 4) is 11.4 Å². The molecule has 0 bridgehead atoms. The summed E-state index contributed by atoms with van der Waals surface area (Å²) in [5.41, 5.74) is 9.45. The number of aromatic nitrogens is 2. The van der Waals surface area contributed by atoms with Gasteiger partial charge in [-0.05, 0) is 158 Å². The molecule has 10 rings (SSSR count). The van der Waals surface area contributed by atoms with E-state index >= 15 is 0 Å². The summed E-state index contributed by atoms with van der Waals surface area (Å²) in [6.07, 6.45) is 6.06. The summed E-state index contributed by atoms with van der Waals surface area (Å²) in [6.45, 7) is 3.52. The van der Waals surface area contributed by atoms with Crippen molar-refractivity contribution in [2.75, 3.05) is 0 Å². The Kier molecular flexibility index (Phi) is 13.9. The number of unbranched alkanes of at least 4 members (excludes halogenated alkanes) is 5. The smallest absolute Gasteiger partial charge is 0.202 e. The molecule has 0 saturated heterocycles. The summed E-state index contributed by atoms with van der Waals surface area (Å²) in [4.78, 5) is 78.2. The van der Waals surface area contributed by atoms with Gasteiger partial charge in [0.2, 0.25) is 11.6 Å². The van der Waals surface area contributed by atoms with E-state index in [0.717, 1.165) is 105 Å². The maximum Gasteiger partial charge on any atom is 0.202 e. The average molecular weight is 987 g/mol. The van der Waals surface area contributed by atoms with Gasteiger partial charge in [0, 0.05) is 68.0 Å². The van der Waals surface area contributed by atoms with E-state index in [1.54, 1.807) is 13.8 Å². The number of fused-ring (bicyclic) bond motifs is 6. The molecule has 12 heteroatoms. The number of Topliss-reactive ketones (excluding diaryl/α,β-unsaturated/α-hetero) is 2. The van der Waals surface area contributed by atoms with Crippen molar-refractivity contribution in [1.29, 1.82) is 0 Å². The Bertz CT molecular complexity index is 3440. The van der Waals surface area contributed by atoms with Crippen LogP contribution in [0.1, 0.15) is 140 Å². The molecule has 0 aliphatic rings. The molecular weight excluding hydrogens is 937 g/mol. The first-order chi connectivity index (χ1) is 35.1. The molecule has 0 amide bonds. The number of rotatable bonds is 21. The maximum absolute atomic E-state index is 13.7. The number of ketones is 4. The first-order valence-corrected chi connectivity index (χ1v) is 26.1. The summed E-state index contributed by atoms with van der Waals surface area (Å²) in [5.74, 6) is 0.0434. The summed E-state index contributed by atoms with van der Waals surface area (Å²) in [7, 11) is 0. The predicted molar refractivity (Wildman–Crippen MR) is 291 cm³/mol. The van der Waals surface area contributed by atoms with Crippen LogP contribution in [0.25, 0.3) is 55.0 Å². The van der Waals surface area contributed by atoms with Crippen LogP contribution in [0.5, 0.6) is 0 Å². The zero-order chi connectivity index (χ0) is 49.9. The van der Waals surface area contributed by atoms with E-state index < -0.39 is 12.1 Å². The summed E-state index contributed by atoms with van der Waals surface area (Å²) < 4.78 is 4.25. The largest absolute Gasteiger partial charge is 0.309 e. The topological polar surface area (TPSA) is 137 Å². The van der Waals surface area contributed by atoms with Crippen LogP contribution in [0.2, 0.25) is 0 Å². The van der Waals surface area contributed by atoms with Crippen molar-refractivity contribution >= 4 is 89.4 Å². The molecule has 4 heterocycles. The Morgan fingerprint density at radius 2 is 0.764 bits per heavy atom. The third kappa shape index (κ3) is 9.43. The van der Waals surface area contributed by atoms with Crippen molar-refractivity contribution in [1.82, 2.24) is 9.13 Å². The zero-order valence-corrected chi connectivity index (χ0v) is 41.5. The Balaban J connectivity index is 0.785. The molecule has 4 aromatic heterocycles. The molecule has 2 atom stereocenters. The second kappa shape index (κ2) is 20.9. The maximum atomic E-state index is 13.7. The van der Waals surface area contributed by atoms with Gasteiger partial charge in [0.15, 0.2) is 11.6 Å². The average Bonchev–Trinajstić information content (AvgIpc) is 4.27. The highest BCUT2D eigenvalue weighted by atomic mass is 32.1. The fraction of sp³-hybridized carbons (Fsp3) is 0.200. The van der Waals surface area contributed by atoms with Gasteiger partial charge in [-0.3, -0.25) is 19.2 Å². The molecule has 0 radical (unpaired) electrons. The minimum absolute atomic E-state index is 0.0469. The molecule has 10 nitrogen and oxygen atoms in total. The summed E-state index contributed by atoms with van der Waals surface area (Å²) in [5, 5.41) is 13.6. The Morgan fingerprint density at radius 1 is 0.431 bits per heavy atom. The SMILES string of the molecule is CC(N=O)c1ccc(-n2c3ccc(C(=O)CCCCCCCCC(=O)c4ccc5c(c4)c4cc(C(=O)c6cccs6)ccc4n5-c4ccc(C(C)N=O)cc4)cc3c3cc(C(=O)c4cccs4)ccc32)cc1. The normalized spacial score (nSPS) is 12.4. The fourth-order valence-electron chi connectivity index (χ4n) is 9.82. The number of thiophene rings is 2. The van der Waals surface area contributed by atoms with Crippen LogP contribution in [0.15, 0.2) is 167 Å². The molecule has 72 heavy (non-hydrogen) atoms. The summed E-state index contributed by atoms with van der Waals surface area (Å²) in [6, 6.07) is 45.1. The second-order valence-electron chi connectivity index (χ2n) is 18.4. The van der Waals surface area contributed by atoms with Crippen LogP contribution in [0, 0.1) is 9.81 Å². The van der Waals surface area contributed by atoms with Gasteiger partial charge in [-0.2, -0.15) is 9.81 Å². The Labute approximate surface area is 423 Å². The number of nitroso groups, excluding NO2 is 2. The number of hydrogen-bond donors (Lipinski definition) is 0. The Hall–Kier alpha value is -7.80. The standard InChI is InChI=1S/C60H50N4O6S2/c1-37(61-69)39-15-23-45(24-16-39)63-51-27-19-41(33-47(51)49-35-43(21-29-53(49)63)59(67)57-13-9-31-71-57)55(65)11-7-5-3-4-6-8-12-56(66)42-20-28-52-48(34-42)50-36-44(60(68)58-14-10-32-72-58)22-30-54(50)64(52)46-25-17-40(18-26-46)38(2)62-70/h9-10,13-38H,3-8,11-12H2,1-2H3. The third-order valence-corrected chi connectivity index (χ3v) is 15.6. The molecule has 0 fully saturated rings. The fourth-order valence-corrected chi connectivity index (χ4v) is 11.2. The quantitative estimate of drug-likeness (QED) is 0.0399. The van der Waals surface area contributed by atoms with Gasteiger partial charge in [0.1, 0.15) is 12.1 Å². The van der Waals surface area contributed by atoms with Gasteiger partial charge in [0.05, 0.1) is 31.8 Å². The number of carbonyl (C=O) groups excluding carboxylic acids is 4. The lowest BCUT2D eigenvalue weighted by Crippen LogP contribution is -2.00. The van der Waals surface area contributed by atoms with Gasteiger partial charge < -0.3 is 9.13 Å². The molecule has 10 aromatic rings. The predicted octanol–water partition coefficient (Wildman–Crippen LogP) is 16.3. The van der Waals surface area contributed by atoms with Crippen LogP contribution in [0.4, 0.5) is 0 Å². The molecular formula is C60H50N4O6S2. The van der Waals surface area contributed by atoms with E-state index in [9.17, 15) is 29.0 Å². The zero-order valence-electron chi connectivity index (χ0n) is 39.9. The van der Waals surface area contributed by atoms with Gasteiger partial charge in [0.25, 0.3) is 0 Å². The molecule has 2 unspecified atom stereocenters. The van der Waals surface area contributed by atoms with Gasteiger partial charge >= 0.3 is 0 Å². The van der Waals surface area contributed by atoms with Gasteiger partial charge in [-0.15, -0.1) is 22.7 Å². The van der Waals surface area contributed by atoms with E-state index in [1.165, 1.54) is 22.7 Å². The molecule has 0 aliphatic heterocycles. The number of nitrogens with zero attached hydrogens (tertiary/aromatic N) is 4. The van der Waals surface area contributed by atoms with Crippen molar-refractivity contribution in [3.63, 3.8) is 0 Å². The Morgan fingerprint density at radius 3 is 1.10 bits per heavy atom. The molecule has 0 aliphatic carbocycles. The highest BCUT2D eigenvalue weighted by Gasteiger charge is 2.21. The lowest BCUT2D eigenvalue weighted by atomic mass is 9.99. The molecule has 358 valence electrons. The van der Waals surface area contributed by atoms with Crippen molar-refractivity contribution in [3.05, 3.63) is 209 Å². The summed E-state index contributed by atoms with van der Waals surface area (Å²) >= 11 is 2.82. The van der Waals surface area contributed by atoms with E-state index in [2.05, 4.69) is 19.5 Å². The monoisotopic (exact) mass is 986 g/mol. The lowest BCUT2D eigenvalue weighted by molar-refractivity contribution is 0.0970. The molecule has 0 saturated carbocycles. The van der Waals surface area contributed by atoms with Crippen LogP contribution >= 0.6 is 22.7 Å². The van der Waals surface area contributed by atoms with Crippen LogP contribution < -0.4 is 0 Å². The lowest BCUT2D eigenvalue weighted by Gasteiger charge is -2.10. The first-order valence-electron chi connectivity index (χ1n) is 24.4. The van der Waals surface area contributed by atoms with Gasteiger partial charge in [-0.25, -0.2) is 0 Å². The van der Waals surface area contributed by atoms with Crippen molar-refractivity contribution < 1.29 is 19.2 Å². The van der Waals surface area contributed by atoms with Crippen LogP contribution in [-0.4, -0.2) is 32.3 Å². The van der Waals surface area contributed by atoms with E-state index in [4.69, 9.17) is 0 Å². The number of hydrogen-bond acceptors (Lipinski definition) is 10. The molecule has 0 N–H and O–H groups in total. The van der Waals surface area contributed by atoms with E-state index in [-0.39, 0.29) is 23.1 Å². The highest BCUT2D eigenvalue weighted by Crippen LogP contribution is 2.37. The second-order valence-corrected chi connectivity index (χ2v) is 20.3.